The van der Waals surface area contributed by atoms with Crippen LogP contribution in [0.1, 0.15) is 5.56 Å². The molecule has 0 aliphatic carbocycles. The van der Waals surface area contributed by atoms with Crippen LogP contribution in [0.4, 0.5) is 11.5 Å². The molecule has 134 valence electrons. The van der Waals surface area contributed by atoms with Crippen molar-refractivity contribution in [1.82, 2.24) is 19.6 Å². The molecule has 0 aliphatic heterocycles. The molecule has 0 bridgehead atoms. The number of aromatic amines is 1. The predicted octanol–water partition coefficient (Wildman–Crippen LogP) is 3.36. The molecule has 8 nitrogen and oxygen atoms in total. The summed E-state index contributed by atoms with van der Waals surface area (Å²) in [6.45, 7) is 0. The first-order chi connectivity index (χ1) is 13.2. The molecular formula is C19H16N6O2. The van der Waals surface area contributed by atoms with Crippen molar-refractivity contribution in [2.75, 3.05) is 19.5 Å². The number of hydrogen-bond donors (Lipinski definition) is 2. The number of methoxy groups -OCH3 is 2. The summed E-state index contributed by atoms with van der Waals surface area (Å²) in [5, 5.41) is 15.7. The molecule has 0 atom stereocenters. The second-order valence-electron chi connectivity index (χ2n) is 5.70. The Kier molecular flexibility index (Phi) is 4.10. The Labute approximate surface area is 155 Å². The van der Waals surface area contributed by atoms with Crippen LogP contribution in [-0.2, 0) is 0 Å². The van der Waals surface area contributed by atoms with Gasteiger partial charge in [-0.3, -0.25) is 10.1 Å². The first kappa shape index (κ1) is 16.5. The third kappa shape index (κ3) is 2.81. The van der Waals surface area contributed by atoms with Gasteiger partial charge in [0.05, 0.1) is 19.9 Å². The number of hydrogen-bond acceptors (Lipinski definition) is 6. The Bertz CT molecular complexity index is 1140. The number of fused-ring (bicyclic) bond motifs is 1. The molecule has 8 heteroatoms. The average molecular weight is 360 g/mol. The van der Waals surface area contributed by atoms with Crippen molar-refractivity contribution in [3.63, 3.8) is 0 Å². The van der Waals surface area contributed by atoms with Gasteiger partial charge in [-0.15, -0.1) is 0 Å². The Morgan fingerprint density at radius 2 is 2.11 bits per heavy atom. The fourth-order valence-corrected chi connectivity index (χ4v) is 2.85. The minimum absolute atomic E-state index is 0.454. The molecule has 4 rings (SSSR count). The number of H-pyrrole nitrogens is 1. The number of pyridine rings is 1. The molecule has 27 heavy (non-hydrogen) atoms. The van der Waals surface area contributed by atoms with Gasteiger partial charge in [0, 0.05) is 30.2 Å². The summed E-state index contributed by atoms with van der Waals surface area (Å²) in [7, 11) is 3.20. The van der Waals surface area contributed by atoms with Gasteiger partial charge < -0.3 is 14.8 Å². The van der Waals surface area contributed by atoms with Gasteiger partial charge in [-0.1, -0.05) is 0 Å². The van der Waals surface area contributed by atoms with E-state index >= 15 is 0 Å². The first-order valence-electron chi connectivity index (χ1n) is 8.14. The van der Waals surface area contributed by atoms with Crippen LogP contribution in [0.2, 0.25) is 0 Å². The molecule has 0 amide bonds. The smallest absolute Gasteiger partial charge is 0.173 e. The largest absolute Gasteiger partial charge is 0.497 e. The monoisotopic (exact) mass is 360 g/mol. The average Bonchev–Trinajstić information content (AvgIpc) is 3.28. The van der Waals surface area contributed by atoms with E-state index in [0.717, 1.165) is 11.3 Å². The summed E-state index contributed by atoms with van der Waals surface area (Å²) in [5.74, 6) is 1.98. The zero-order chi connectivity index (χ0) is 18.8. The number of aromatic nitrogens is 4. The van der Waals surface area contributed by atoms with Crippen LogP contribution in [0.25, 0.3) is 16.9 Å². The maximum atomic E-state index is 9.33. The van der Waals surface area contributed by atoms with E-state index in [-0.39, 0.29) is 0 Å². The quantitative estimate of drug-likeness (QED) is 0.566. The van der Waals surface area contributed by atoms with Gasteiger partial charge >= 0.3 is 0 Å². The van der Waals surface area contributed by atoms with Crippen molar-refractivity contribution in [2.24, 2.45) is 0 Å². The predicted molar refractivity (Wildman–Crippen MR) is 100 cm³/mol. The van der Waals surface area contributed by atoms with Crippen LogP contribution in [0, 0.1) is 11.3 Å². The van der Waals surface area contributed by atoms with E-state index in [1.807, 2.05) is 24.3 Å². The Morgan fingerprint density at radius 1 is 1.22 bits per heavy atom. The van der Waals surface area contributed by atoms with Crippen LogP contribution in [0.3, 0.4) is 0 Å². The molecule has 0 fully saturated rings. The molecule has 3 aromatic heterocycles. The summed E-state index contributed by atoms with van der Waals surface area (Å²) >= 11 is 0. The van der Waals surface area contributed by atoms with E-state index in [1.54, 1.807) is 43.4 Å². The van der Waals surface area contributed by atoms with E-state index in [1.165, 1.54) is 0 Å². The van der Waals surface area contributed by atoms with Gasteiger partial charge in [0.25, 0.3) is 0 Å². The van der Waals surface area contributed by atoms with E-state index in [9.17, 15) is 5.26 Å². The molecule has 1 aromatic carbocycles. The Morgan fingerprint density at radius 3 is 2.81 bits per heavy atom. The van der Waals surface area contributed by atoms with E-state index < -0.39 is 0 Å². The minimum atomic E-state index is 0.454. The Balaban J connectivity index is 1.88. The maximum absolute atomic E-state index is 9.33. The molecule has 0 saturated heterocycles. The molecule has 0 radical (unpaired) electrons. The van der Waals surface area contributed by atoms with Gasteiger partial charge in [0.2, 0.25) is 0 Å². The number of ether oxygens (including phenoxy) is 2. The zero-order valence-electron chi connectivity index (χ0n) is 14.7. The summed E-state index contributed by atoms with van der Waals surface area (Å²) in [6, 6.07) is 11.4. The van der Waals surface area contributed by atoms with Crippen molar-refractivity contribution in [2.45, 2.75) is 0 Å². The van der Waals surface area contributed by atoms with Crippen LogP contribution >= 0.6 is 0 Å². The van der Waals surface area contributed by atoms with E-state index in [2.05, 4.69) is 26.5 Å². The molecular weight excluding hydrogens is 344 g/mol. The lowest BCUT2D eigenvalue weighted by Crippen LogP contribution is -2.00. The highest BCUT2D eigenvalue weighted by molar-refractivity contribution is 5.81. The van der Waals surface area contributed by atoms with Crippen molar-refractivity contribution < 1.29 is 9.47 Å². The van der Waals surface area contributed by atoms with Gasteiger partial charge in [-0.2, -0.15) is 5.26 Å². The van der Waals surface area contributed by atoms with Crippen molar-refractivity contribution in [3.8, 4) is 28.8 Å². The molecule has 0 unspecified atom stereocenters. The van der Waals surface area contributed by atoms with Crippen LogP contribution in [-0.4, -0.2) is 33.8 Å². The molecule has 0 spiro atoms. The van der Waals surface area contributed by atoms with Gasteiger partial charge in [-0.25, -0.2) is 9.50 Å². The standard InChI is InChI=1S/C19H16N6O2/c1-26-14-5-6-15(16(8-14)27-2)23-19-17(12-4-3-7-21-10-12)24-18-13(9-20)11-22-25(18)19/h3-8,10-11,22-23H,1-2H3. The molecule has 0 aliphatic rings. The van der Waals surface area contributed by atoms with Crippen LogP contribution < -0.4 is 14.8 Å². The van der Waals surface area contributed by atoms with Crippen molar-refractivity contribution >= 4 is 17.2 Å². The molecule has 0 saturated carbocycles. The SMILES string of the molecule is COc1ccc(Nc2c(-c3cccnc3)nc3c(C#N)c[nH]n23)c(OC)c1. The van der Waals surface area contributed by atoms with Crippen LogP contribution in [0.15, 0.2) is 48.9 Å². The number of benzene rings is 1. The highest BCUT2D eigenvalue weighted by atomic mass is 16.5. The molecule has 4 aromatic rings. The minimum Gasteiger partial charge on any atom is -0.497 e. The van der Waals surface area contributed by atoms with Gasteiger partial charge in [0.15, 0.2) is 11.5 Å². The maximum Gasteiger partial charge on any atom is 0.173 e. The number of anilines is 2. The second kappa shape index (κ2) is 6.72. The summed E-state index contributed by atoms with van der Waals surface area (Å²) in [4.78, 5) is 8.81. The number of nitriles is 1. The molecule has 2 N–H and O–H groups in total. The first-order valence-corrected chi connectivity index (χ1v) is 8.14. The fourth-order valence-electron chi connectivity index (χ4n) is 2.85. The third-order valence-electron chi connectivity index (χ3n) is 4.17. The highest BCUT2D eigenvalue weighted by Gasteiger charge is 2.19. The summed E-state index contributed by atoms with van der Waals surface area (Å²) < 4.78 is 12.5. The van der Waals surface area contributed by atoms with Gasteiger partial charge in [0.1, 0.15) is 28.8 Å². The topological polar surface area (TPSA) is 100 Å². The third-order valence-corrected chi connectivity index (χ3v) is 4.17. The zero-order valence-corrected chi connectivity index (χ0v) is 14.7. The fraction of sp³-hybridized carbons (Fsp3) is 0.105. The summed E-state index contributed by atoms with van der Waals surface area (Å²) in [6.07, 6.45) is 5.04. The van der Waals surface area contributed by atoms with Gasteiger partial charge in [-0.05, 0) is 24.3 Å². The number of nitrogens with zero attached hydrogens (tertiary/aromatic N) is 4. The number of imidazole rings is 1. The number of nitrogens with one attached hydrogen (secondary N) is 2. The summed E-state index contributed by atoms with van der Waals surface area (Å²) in [5.41, 5.74) is 3.22. The highest BCUT2D eigenvalue weighted by Crippen LogP contribution is 2.36. The lowest BCUT2D eigenvalue weighted by molar-refractivity contribution is 0.395. The normalized spacial score (nSPS) is 10.6. The van der Waals surface area contributed by atoms with Crippen molar-refractivity contribution in [3.05, 3.63) is 54.5 Å². The Hall–Kier alpha value is -3.99. The van der Waals surface area contributed by atoms with E-state index in [4.69, 9.17) is 9.47 Å². The lowest BCUT2D eigenvalue weighted by Gasteiger charge is -2.13. The number of rotatable bonds is 5. The molecule has 3 heterocycles. The van der Waals surface area contributed by atoms with Crippen molar-refractivity contribution in [1.29, 1.82) is 5.26 Å². The lowest BCUT2D eigenvalue weighted by atomic mass is 10.2. The van der Waals surface area contributed by atoms with E-state index in [0.29, 0.717) is 34.2 Å². The second-order valence-corrected chi connectivity index (χ2v) is 5.70. The van der Waals surface area contributed by atoms with Crippen LogP contribution in [0.5, 0.6) is 11.5 Å².